The molecule has 1 N–H and O–H groups in total. The van der Waals surface area contributed by atoms with Crippen molar-refractivity contribution in [2.75, 3.05) is 19.7 Å². The highest BCUT2D eigenvalue weighted by Gasteiger charge is 2.34. The molecule has 0 aliphatic carbocycles. The lowest BCUT2D eigenvalue weighted by atomic mass is 10.3. The maximum Gasteiger partial charge on any atom is 0.329 e. The lowest BCUT2D eigenvalue weighted by Gasteiger charge is -2.15. The molecule has 0 aromatic carbocycles. The SMILES string of the molecule is O=C(O)CO[C@@H]1CCN(S(=O)(=O)c2ccc(Cl)s2)C1. The van der Waals surface area contributed by atoms with Crippen molar-refractivity contribution in [3.63, 3.8) is 0 Å². The van der Waals surface area contributed by atoms with Crippen LogP contribution in [0.3, 0.4) is 0 Å². The Balaban J connectivity index is 2.02. The molecule has 0 saturated carbocycles. The maximum atomic E-state index is 12.2. The summed E-state index contributed by atoms with van der Waals surface area (Å²) >= 11 is 6.73. The van der Waals surface area contributed by atoms with Crippen LogP contribution in [-0.2, 0) is 19.6 Å². The summed E-state index contributed by atoms with van der Waals surface area (Å²) in [5.74, 6) is -1.06. The first kappa shape index (κ1) is 14.7. The van der Waals surface area contributed by atoms with Crippen LogP contribution >= 0.6 is 22.9 Å². The minimum absolute atomic E-state index is 0.172. The molecular formula is C10H12ClNO5S2. The van der Waals surface area contributed by atoms with E-state index in [9.17, 15) is 13.2 Å². The van der Waals surface area contributed by atoms with E-state index in [1.807, 2.05) is 0 Å². The van der Waals surface area contributed by atoms with E-state index in [-0.39, 0.29) is 16.9 Å². The number of hydrogen-bond acceptors (Lipinski definition) is 5. The third-order valence-corrected chi connectivity index (χ3v) is 6.26. The van der Waals surface area contributed by atoms with E-state index in [2.05, 4.69) is 0 Å². The molecule has 1 aromatic heterocycles. The number of carboxylic acids is 1. The Bertz CT molecular complexity index is 570. The quantitative estimate of drug-likeness (QED) is 0.881. The summed E-state index contributed by atoms with van der Waals surface area (Å²) < 4.78 is 31.5. The van der Waals surface area contributed by atoms with E-state index in [4.69, 9.17) is 21.4 Å². The minimum atomic E-state index is -3.55. The van der Waals surface area contributed by atoms with Crippen molar-refractivity contribution in [3.8, 4) is 0 Å². The van der Waals surface area contributed by atoms with Crippen LogP contribution in [0.25, 0.3) is 0 Å². The molecule has 1 aliphatic heterocycles. The van der Waals surface area contributed by atoms with E-state index in [1.54, 1.807) is 0 Å². The Morgan fingerprint density at radius 1 is 1.58 bits per heavy atom. The summed E-state index contributed by atoms with van der Waals surface area (Å²) in [6.07, 6.45) is 0.118. The Morgan fingerprint density at radius 2 is 2.32 bits per heavy atom. The molecule has 106 valence electrons. The van der Waals surface area contributed by atoms with Gasteiger partial charge in [-0.05, 0) is 18.6 Å². The molecule has 0 radical (unpaired) electrons. The molecule has 19 heavy (non-hydrogen) atoms. The molecule has 1 aromatic rings. The van der Waals surface area contributed by atoms with Gasteiger partial charge in [0.05, 0.1) is 10.4 Å². The molecule has 0 unspecified atom stereocenters. The predicted molar refractivity (Wildman–Crippen MR) is 70.1 cm³/mol. The number of ether oxygens (including phenoxy) is 1. The highest BCUT2D eigenvalue weighted by Crippen LogP contribution is 2.30. The van der Waals surface area contributed by atoms with E-state index < -0.39 is 22.6 Å². The Kier molecular flexibility index (Phi) is 4.46. The number of sulfonamides is 1. The summed E-state index contributed by atoms with van der Waals surface area (Å²) in [7, 11) is -3.55. The standard InChI is InChI=1S/C10H12ClNO5S2/c11-8-1-2-10(18-8)19(15,16)12-4-3-7(5-12)17-6-9(13)14/h1-2,7H,3-6H2,(H,13,14)/t7-/m1/s1. The third kappa shape index (κ3) is 3.46. The van der Waals surface area contributed by atoms with Gasteiger partial charge in [0.25, 0.3) is 10.0 Å². The highest BCUT2D eigenvalue weighted by molar-refractivity contribution is 7.91. The normalized spacial score (nSPS) is 20.8. The largest absolute Gasteiger partial charge is 0.480 e. The molecule has 6 nitrogen and oxygen atoms in total. The van der Waals surface area contributed by atoms with Crippen molar-refractivity contribution in [1.82, 2.24) is 4.31 Å². The summed E-state index contributed by atoms with van der Waals surface area (Å²) in [6, 6.07) is 3.00. The molecule has 9 heteroatoms. The fourth-order valence-electron chi connectivity index (χ4n) is 1.80. The van der Waals surface area contributed by atoms with Crippen LogP contribution in [0.4, 0.5) is 0 Å². The topological polar surface area (TPSA) is 83.9 Å². The van der Waals surface area contributed by atoms with Crippen molar-refractivity contribution in [2.24, 2.45) is 0 Å². The molecule has 0 spiro atoms. The summed E-state index contributed by atoms with van der Waals surface area (Å²) in [5, 5.41) is 8.51. The van der Waals surface area contributed by atoms with E-state index >= 15 is 0 Å². The van der Waals surface area contributed by atoms with Crippen LogP contribution in [0.5, 0.6) is 0 Å². The van der Waals surface area contributed by atoms with Gasteiger partial charge in [0.1, 0.15) is 10.8 Å². The van der Waals surface area contributed by atoms with Crippen molar-refractivity contribution in [2.45, 2.75) is 16.7 Å². The van der Waals surface area contributed by atoms with Gasteiger partial charge in [-0.25, -0.2) is 13.2 Å². The summed E-state index contributed by atoms with van der Waals surface area (Å²) in [6.45, 7) is 0.0800. The monoisotopic (exact) mass is 325 g/mol. The lowest BCUT2D eigenvalue weighted by Crippen LogP contribution is -2.30. The first-order chi connectivity index (χ1) is 8.89. The Labute approximate surface area is 119 Å². The van der Waals surface area contributed by atoms with Crippen LogP contribution in [-0.4, -0.2) is 49.6 Å². The van der Waals surface area contributed by atoms with Gasteiger partial charge < -0.3 is 9.84 Å². The summed E-state index contributed by atoms with van der Waals surface area (Å²) in [4.78, 5) is 10.4. The van der Waals surface area contributed by atoms with Crippen LogP contribution < -0.4 is 0 Å². The van der Waals surface area contributed by atoms with Crippen LogP contribution in [0.2, 0.25) is 4.34 Å². The van der Waals surface area contributed by atoms with Gasteiger partial charge in [-0.1, -0.05) is 11.6 Å². The zero-order chi connectivity index (χ0) is 14.0. The van der Waals surface area contributed by atoms with Crippen LogP contribution in [0.1, 0.15) is 6.42 Å². The number of hydrogen-bond donors (Lipinski definition) is 1. The molecule has 1 saturated heterocycles. The first-order valence-electron chi connectivity index (χ1n) is 5.48. The van der Waals surface area contributed by atoms with Gasteiger partial charge in [0.15, 0.2) is 0 Å². The fourth-order valence-corrected chi connectivity index (χ4v) is 4.93. The zero-order valence-electron chi connectivity index (χ0n) is 9.78. The lowest BCUT2D eigenvalue weighted by molar-refractivity contribution is -0.144. The second-order valence-electron chi connectivity index (χ2n) is 4.04. The van der Waals surface area contributed by atoms with Gasteiger partial charge in [-0.15, -0.1) is 11.3 Å². The molecule has 2 heterocycles. The van der Waals surface area contributed by atoms with Crippen molar-refractivity contribution >= 4 is 38.9 Å². The predicted octanol–water partition coefficient (Wildman–Crippen LogP) is 1.27. The number of halogens is 1. The fraction of sp³-hybridized carbons (Fsp3) is 0.500. The molecule has 2 rings (SSSR count). The third-order valence-electron chi connectivity index (χ3n) is 2.69. The summed E-state index contributed by atoms with van der Waals surface area (Å²) in [5.41, 5.74) is 0. The molecule has 1 fully saturated rings. The van der Waals surface area contributed by atoms with Gasteiger partial charge >= 0.3 is 5.97 Å². The molecule has 0 bridgehead atoms. The van der Waals surface area contributed by atoms with E-state index in [0.717, 1.165) is 11.3 Å². The highest BCUT2D eigenvalue weighted by atomic mass is 35.5. The number of carboxylic acid groups (broad SMARTS) is 1. The number of carbonyl (C=O) groups is 1. The number of rotatable bonds is 5. The molecule has 1 atom stereocenters. The average Bonchev–Trinajstić information content (AvgIpc) is 2.95. The van der Waals surface area contributed by atoms with Gasteiger partial charge in [0.2, 0.25) is 0 Å². The second kappa shape index (κ2) is 5.76. The smallest absolute Gasteiger partial charge is 0.329 e. The molecular weight excluding hydrogens is 314 g/mol. The van der Waals surface area contributed by atoms with Gasteiger partial charge in [-0.2, -0.15) is 4.31 Å². The Morgan fingerprint density at radius 3 is 2.89 bits per heavy atom. The van der Waals surface area contributed by atoms with Crippen LogP contribution in [0.15, 0.2) is 16.3 Å². The van der Waals surface area contributed by atoms with E-state index in [0.29, 0.717) is 17.3 Å². The minimum Gasteiger partial charge on any atom is -0.480 e. The molecule has 1 aliphatic rings. The van der Waals surface area contributed by atoms with Crippen molar-refractivity contribution < 1.29 is 23.1 Å². The number of thiophene rings is 1. The maximum absolute atomic E-state index is 12.2. The van der Waals surface area contributed by atoms with Crippen molar-refractivity contribution in [3.05, 3.63) is 16.5 Å². The Hall–Kier alpha value is -0.670. The van der Waals surface area contributed by atoms with Crippen LogP contribution in [0, 0.1) is 0 Å². The van der Waals surface area contributed by atoms with Crippen molar-refractivity contribution in [1.29, 1.82) is 0 Å². The average molecular weight is 326 g/mol. The zero-order valence-corrected chi connectivity index (χ0v) is 12.2. The second-order valence-corrected chi connectivity index (χ2v) is 7.92. The number of nitrogens with zero attached hydrogens (tertiary/aromatic N) is 1. The molecule has 0 amide bonds. The van der Waals surface area contributed by atoms with E-state index in [1.165, 1.54) is 16.4 Å². The first-order valence-corrected chi connectivity index (χ1v) is 8.12. The number of aliphatic carboxylic acids is 1. The van der Waals surface area contributed by atoms with Gasteiger partial charge in [0, 0.05) is 13.1 Å². The van der Waals surface area contributed by atoms with Gasteiger partial charge in [-0.3, -0.25) is 0 Å².